The smallest absolute Gasteiger partial charge is 0.223 e. The fourth-order valence-electron chi connectivity index (χ4n) is 4.63. The number of carbonyl (C=O) groups excluding carboxylic acids is 2. The number of amides is 2. The van der Waals surface area contributed by atoms with Crippen molar-refractivity contribution < 1.29 is 9.59 Å². The first-order chi connectivity index (χ1) is 11.6. The van der Waals surface area contributed by atoms with Crippen molar-refractivity contribution in [1.29, 1.82) is 0 Å². The van der Waals surface area contributed by atoms with Crippen LogP contribution in [-0.4, -0.2) is 41.9 Å². The van der Waals surface area contributed by atoms with Crippen molar-refractivity contribution in [2.75, 3.05) is 13.1 Å². The molecule has 25 heavy (non-hydrogen) atoms. The van der Waals surface area contributed by atoms with Crippen molar-refractivity contribution in [3.8, 4) is 0 Å². The minimum absolute atomic E-state index is 0. The lowest BCUT2D eigenvalue weighted by molar-refractivity contribution is -0.136. The van der Waals surface area contributed by atoms with Crippen LogP contribution in [0.2, 0.25) is 0 Å². The number of rotatable bonds is 4. The summed E-state index contributed by atoms with van der Waals surface area (Å²) in [5.74, 6) is 0.907. The third-order valence-corrected chi connectivity index (χ3v) is 6.32. The summed E-state index contributed by atoms with van der Waals surface area (Å²) in [4.78, 5) is 26.9. The zero-order chi connectivity index (χ0) is 16.9. The molecule has 3 fully saturated rings. The van der Waals surface area contributed by atoms with Crippen LogP contribution in [0.1, 0.15) is 70.6 Å². The van der Waals surface area contributed by atoms with Gasteiger partial charge < -0.3 is 16.0 Å². The standard InChI is InChI=1S/C19H33N3O2.ClH/c20-17-8-4-5-15(17)13-18(23)22-11-9-14(10-12-22)19(24)21-16-6-2-1-3-7-16;/h14-17H,1-13,20H2,(H,21,24);1H/t15-,17+;/m0./s1. The van der Waals surface area contributed by atoms with Crippen molar-refractivity contribution in [3.63, 3.8) is 0 Å². The predicted molar refractivity (Wildman–Crippen MR) is 102 cm³/mol. The predicted octanol–water partition coefficient (Wildman–Crippen LogP) is 2.61. The van der Waals surface area contributed by atoms with Crippen LogP contribution in [0.5, 0.6) is 0 Å². The average Bonchev–Trinajstić information content (AvgIpc) is 3.00. The first-order valence-electron chi connectivity index (χ1n) is 9.97. The summed E-state index contributed by atoms with van der Waals surface area (Å²) in [7, 11) is 0. The van der Waals surface area contributed by atoms with Crippen LogP contribution >= 0.6 is 12.4 Å². The van der Waals surface area contributed by atoms with Crippen LogP contribution in [0.3, 0.4) is 0 Å². The van der Waals surface area contributed by atoms with Crippen LogP contribution in [0.25, 0.3) is 0 Å². The number of halogens is 1. The summed E-state index contributed by atoms with van der Waals surface area (Å²) in [6.07, 6.45) is 11.6. The van der Waals surface area contributed by atoms with E-state index < -0.39 is 0 Å². The number of nitrogens with one attached hydrogen (secondary N) is 1. The molecule has 0 radical (unpaired) electrons. The molecule has 0 aromatic carbocycles. The Morgan fingerprint density at radius 2 is 1.60 bits per heavy atom. The molecular formula is C19H34ClN3O2. The van der Waals surface area contributed by atoms with Crippen molar-refractivity contribution >= 4 is 24.2 Å². The molecule has 1 aliphatic heterocycles. The molecule has 6 heteroatoms. The molecule has 5 nitrogen and oxygen atoms in total. The Balaban J connectivity index is 0.00000225. The lowest BCUT2D eigenvalue weighted by atomic mass is 9.92. The normalized spacial score (nSPS) is 28.4. The van der Waals surface area contributed by atoms with Crippen LogP contribution in [0.15, 0.2) is 0 Å². The fourth-order valence-corrected chi connectivity index (χ4v) is 4.63. The first-order valence-corrected chi connectivity index (χ1v) is 9.97. The second kappa shape index (κ2) is 9.77. The van der Waals surface area contributed by atoms with E-state index in [2.05, 4.69) is 5.32 Å². The molecule has 3 rings (SSSR count). The largest absolute Gasteiger partial charge is 0.353 e. The van der Waals surface area contributed by atoms with Crippen molar-refractivity contribution in [1.82, 2.24) is 10.2 Å². The Morgan fingerprint density at radius 1 is 0.920 bits per heavy atom. The minimum atomic E-state index is 0. The van der Waals surface area contributed by atoms with Gasteiger partial charge in [0.1, 0.15) is 0 Å². The molecule has 0 aromatic heterocycles. The third kappa shape index (κ3) is 5.58. The Morgan fingerprint density at radius 3 is 2.20 bits per heavy atom. The molecule has 0 spiro atoms. The van der Waals surface area contributed by atoms with E-state index in [0.717, 1.165) is 58.0 Å². The number of carbonyl (C=O) groups is 2. The van der Waals surface area contributed by atoms with Crippen molar-refractivity contribution in [2.45, 2.75) is 82.7 Å². The fraction of sp³-hybridized carbons (Fsp3) is 0.895. The van der Waals surface area contributed by atoms with Crippen LogP contribution < -0.4 is 11.1 Å². The first kappa shape index (κ1) is 20.5. The molecule has 2 atom stereocenters. The highest BCUT2D eigenvalue weighted by Crippen LogP contribution is 2.28. The highest BCUT2D eigenvalue weighted by atomic mass is 35.5. The SMILES string of the molecule is Cl.N[C@@H]1CCC[C@H]1CC(=O)N1CCC(C(=O)NC2CCCCC2)CC1. The second-order valence-electron chi connectivity index (χ2n) is 8.06. The van der Waals surface area contributed by atoms with Gasteiger partial charge in [-0.2, -0.15) is 0 Å². The maximum absolute atomic E-state index is 12.5. The van der Waals surface area contributed by atoms with Crippen LogP contribution in [0.4, 0.5) is 0 Å². The molecule has 3 aliphatic rings. The van der Waals surface area contributed by atoms with Gasteiger partial charge in [0.2, 0.25) is 11.8 Å². The van der Waals surface area contributed by atoms with Gasteiger partial charge in [-0.3, -0.25) is 9.59 Å². The summed E-state index contributed by atoms with van der Waals surface area (Å²) in [6, 6.07) is 0.586. The summed E-state index contributed by atoms with van der Waals surface area (Å²) < 4.78 is 0. The van der Waals surface area contributed by atoms with Gasteiger partial charge in [-0.1, -0.05) is 25.7 Å². The Hall–Kier alpha value is -0.810. The van der Waals surface area contributed by atoms with Crippen LogP contribution in [-0.2, 0) is 9.59 Å². The molecule has 1 saturated heterocycles. The molecule has 0 unspecified atom stereocenters. The summed E-state index contributed by atoms with van der Waals surface area (Å²) in [6.45, 7) is 1.45. The molecule has 3 N–H and O–H groups in total. The highest BCUT2D eigenvalue weighted by Gasteiger charge is 2.31. The number of hydrogen-bond donors (Lipinski definition) is 2. The van der Waals surface area contributed by atoms with E-state index in [1.54, 1.807) is 0 Å². The molecule has 1 heterocycles. The molecule has 0 bridgehead atoms. The average molecular weight is 372 g/mol. The number of likely N-dealkylation sites (tertiary alicyclic amines) is 1. The van der Waals surface area contributed by atoms with Crippen molar-refractivity contribution in [2.24, 2.45) is 17.6 Å². The minimum Gasteiger partial charge on any atom is -0.353 e. The van der Waals surface area contributed by atoms with E-state index in [1.165, 1.54) is 19.3 Å². The Bertz CT molecular complexity index is 446. The lowest BCUT2D eigenvalue weighted by Gasteiger charge is -2.33. The van der Waals surface area contributed by atoms with E-state index in [4.69, 9.17) is 5.73 Å². The molecular weight excluding hydrogens is 338 g/mol. The van der Waals surface area contributed by atoms with Gasteiger partial charge in [-0.05, 0) is 44.4 Å². The molecule has 2 aliphatic carbocycles. The van der Waals surface area contributed by atoms with Gasteiger partial charge >= 0.3 is 0 Å². The quantitative estimate of drug-likeness (QED) is 0.797. The van der Waals surface area contributed by atoms with Crippen molar-refractivity contribution in [3.05, 3.63) is 0 Å². The maximum atomic E-state index is 12.5. The number of nitrogens with two attached hydrogens (primary N) is 1. The summed E-state index contributed by atoms with van der Waals surface area (Å²) in [5, 5.41) is 3.24. The van der Waals surface area contributed by atoms with Gasteiger partial charge in [0.25, 0.3) is 0 Å². The zero-order valence-corrected chi connectivity index (χ0v) is 16.1. The van der Waals surface area contributed by atoms with E-state index in [-0.39, 0.29) is 36.2 Å². The molecule has 144 valence electrons. The van der Waals surface area contributed by atoms with Gasteiger partial charge in [0.15, 0.2) is 0 Å². The Labute approximate surface area is 157 Å². The number of hydrogen-bond acceptors (Lipinski definition) is 3. The van der Waals surface area contributed by atoms with E-state index in [1.807, 2.05) is 4.90 Å². The molecule has 2 amide bonds. The van der Waals surface area contributed by atoms with E-state index in [0.29, 0.717) is 18.4 Å². The maximum Gasteiger partial charge on any atom is 0.223 e. The van der Waals surface area contributed by atoms with E-state index >= 15 is 0 Å². The Kier molecular flexibility index (Phi) is 8.01. The monoisotopic (exact) mass is 371 g/mol. The van der Waals surface area contributed by atoms with Gasteiger partial charge in [-0.15, -0.1) is 12.4 Å². The van der Waals surface area contributed by atoms with Gasteiger partial charge in [-0.25, -0.2) is 0 Å². The summed E-state index contributed by atoms with van der Waals surface area (Å²) >= 11 is 0. The second-order valence-corrected chi connectivity index (χ2v) is 8.06. The third-order valence-electron chi connectivity index (χ3n) is 6.32. The van der Waals surface area contributed by atoms with E-state index in [9.17, 15) is 9.59 Å². The lowest BCUT2D eigenvalue weighted by Crippen LogP contribution is -2.46. The number of nitrogens with zero attached hydrogens (tertiary/aromatic N) is 1. The van der Waals surface area contributed by atoms with Gasteiger partial charge in [0.05, 0.1) is 0 Å². The number of piperidine rings is 1. The highest BCUT2D eigenvalue weighted by molar-refractivity contribution is 5.85. The zero-order valence-electron chi connectivity index (χ0n) is 15.3. The molecule has 0 aromatic rings. The summed E-state index contributed by atoms with van der Waals surface area (Å²) in [5.41, 5.74) is 6.08. The topological polar surface area (TPSA) is 75.4 Å². The molecule has 2 saturated carbocycles. The van der Waals surface area contributed by atoms with Crippen LogP contribution in [0, 0.1) is 11.8 Å². The van der Waals surface area contributed by atoms with Gasteiger partial charge in [0, 0.05) is 37.5 Å².